The van der Waals surface area contributed by atoms with Gasteiger partial charge in [0.05, 0.1) is 0 Å². The summed E-state index contributed by atoms with van der Waals surface area (Å²) >= 11 is 5.77. The smallest absolute Gasteiger partial charge is 0.0406 e. The van der Waals surface area contributed by atoms with E-state index in [0.717, 1.165) is 17.4 Å². The standard InChI is InChI=1S/C12H15Cl/c1-10(2)4-3-5-11-6-8-12(13)9-7-11/h3,5-10H,4H2,1-2H3/b5-3+. The fourth-order valence-corrected chi connectivity index (χ4v) is 1.18. The highest BCUT2D eigenvalue weighted by molar-refractivity contribution is 6.30. The molecule has 0 N–H and O–H groups in total. The summed E-state index contributed by atoms with van der Waals surface area (Å²) < 4.78 is 0. The van der Waals surface area contributed by atoms with Crippen LogP contribution in [-0.4, -0.2) is 0 Å². The number of allylic oxidation sites excluding steroid dienone is 1. The summed E-state index contributed by atoms with van der Waals surface area (Å²) in [6, 6.07) is 7.88. The van der Waals surface area contributed by atoms with Crippen molar-refractivity contribution < 1.29 is 0 Å². The first kappa shape index (κ1) is 10.3. The molecule has 0 aliphatic carbocycles. The van der Waals surface area contributed by atoms with Gasteiger partial charge in [-0.05, 0) is 30.0 Å². The van der Waals surface area contributed by atoms with E-state index in [1.807, 2.05) is 24.3 Å². The summed E-state index contributed by atoms with van der Waals surface area (Å²) in [5, 5.41) is 0.793. The molecule has 1 rings (SSSR count). The van der Waals surface area contributed by atoms with Crippen LogP contribution >= 0.6 is 11.6 Å². The first-order valence-corrected chi connectivity index (χ1v) is 4.98. The van der Waals surface area contributed by atoms with Gasteiger partial charge in [0.1, 0.15) is 0 Å². The van der Waals surface area contributed by atoms with Crippen molar-refractivity contribution in [1.29, 1.82) is 0 Å². The molecule has 0 atom stereocenters. The average molecular weight is 195 g/mol. The molecule has 0 unspecified atom stereocenters. The predicted octanol–water partition coefficient (Wildman–Crippen LogP) is 4.40. The second kappa shape index (κ2) is 5.08. The highest BCUT2D eigenvalue weighted by atomic mass is 35.5. The van der Waals surface area contributed by atoms with Gasteiger partial charge in [0.25, 0.3) is 0 Å². The maximum atomic E-state index is 5.77. The van der Waals surface area contributed by atoms with Crippen LogP contribution in [0.3, 0.4) is 0 Å². The van der Waals surface area contributed by atoms with Gasteiger partial charge in [-0.15, -0.1) is 0 Å². The van der Waals surface area contributed by atoms with E-state index in [4.69, 9.17) is 11.6 Å². The van der Waals surface area contributed by atoms with Crippen LogP contribution in [0.1, 0.15) is 25.8 Å². The minimum absolute atomic E-state index is 0.726. The van der Waals surface area contributed by atoms with E-state index in [1.54, 1.807) is 0 Å². The normalized spacial score (nSPS) is 11.4. The predicted molar refractivity (Wildman–Crippen MR) is 59.9 cm³/mol. The fourth-order valence-electron chi connectivity index (χ4n) is 1.05. The number of hydrogen-bond acceptors (Lipinski definition) is 0. The SMILES string of the molecule is CC(C)C/C=C/c1ccc(Cl)cc1. The average Bonchev–Trinajstić information content (AvgIpc) is 2.08. The van der Waals surface area contributed by atoms with Crippen molar-refractivity contribution in [3.63, 3.8) is 0 Å². The highest BCUT2D eigenvalue weighted by Gasteiger charge is 1.89. The number of benzene rings is 1. The van der Waals surface area contributed by atoms with E-state index < -0.39 is 0 Å². The topological polar surface area (TPSA) is 0 Å². The van der Waals surface area contributed by atoms with Crippen LogP contribution in [0, 0.1) is 5.92 Å². The van der Waals surface area contributed by atoms with Crippen molar-refractivity contribution in [3.05, 3.63) is 40.9 Å². The Balaban J connectivity index is 2.54. The number of halogens is 1. The minimum atomic E-state index is 0.726. The molecule has 0 bridgehead atoms. The third-order valence-corrected chi connectivity index (χ3v) is 2.04. The van der Waals surface area contributed by atoms with E-state index >= 15 is 0 Å². The van der Waals surface area contributed by atoms with Gasteiger partial charge in [-0.3, -0.25) is 0 Å². The molecule has 0 fully saturated rings. The number of rotatable bonds is 3. The molecule has 0 spiro atoms. The zero-order chi connectivity index (χ0) is 9.68. The lowest BCUT2D eigenvalue weighted by atomic mass is 10.1. The Morgan fingerprint density at radius 3 is 2.38 bits per heavy atom. The first-order chi connectivity index (χ1) is 6.18. The van der Waals surface area contributed by atoms with E-state index in [-0.39, 0.29) is 0 Å². The van der Waals surface area contributed by atoms with Gasteiger partial charge >= 0.3 is 0 Å². The van der Waals surface area contributed by atoms with Crippen LogP contribution < -0.4 is 0 Å². The molecule has 1 aromatic rings. The third-order valence-electron chi connectivity index (χ3n) is 1.79. The Labute approximate surface area is 85.2 Å². The highest BCUT2D eigenvalue weighted by Crippen LogP contribution is 2.11. The van der Waals surface area contributed by atoms with Crippen LogP contribution in [0.5, 0.6) is 0 Å². The Bertz CT molecular complexity index is 270. The van der Waals surface area contributed by atoms with Crippen molar-refractivity contribution in [2.45, 2.75) is 20.3 Å². The first-order valence-electron chi connectivity index (χ1n) is 4.60. The van der Waals surface area contributed by atoms with Crippen molar-refractivity contribution in [2.24, 2.45) is 5.92 Å². The maximum absolute atomic E-state index is 5.77. The van der Waals surface area contributed by atoms with Gasteiger partial charge in [-0.2, -0.15) is 0 Å². The Kier molecular flexibility index (Phi) is 4.04. The zero-order valence-corrected chi connectivity index (χ0v) is 8.88. The van der Waals surface area contributed by atoms with Crippen LogP contribution in [0.25, 0.3) is 6.08 Å². The van der Waals surface area contributed by atoms with Crippen LogP contribution in [-0.2, 0) is 0 Å². The van der Waals surface area contributed by atoms with E-state index in [1.165, 1.54) is 5.56 Å². The third kappa shape index (κ3) is 4.14. The molecule has 70 valence electrons. The Hall–Kier alpha value is -0.750. The largest absolute Gasteiger partial charge is 0.0843 e. The summed E-state index contributed by atoms with van der Waals surface area (Å²) in [6.45, 7) is 4.43. The molecular weight excluding hydrogens is 180 g/mol. The molecular formula is C12H15Cl. The van der Waals surface area contributed by atoms with Crippen molar-refractivity contribution in [1.82, 2.24) is 0 Å². The van der Waals surface area contributed by atoms with Crippen molar-refractivity contribution in [3.8, 4) is 0 Å². The fraction of sp³-hybridized carbons (Fsp3) is 0.333. The summed E-state index contributed by atoms with van der Waals surface area (Å²) in [4.78, 5) is 0. The second-order valence-electron chi connectivity index (χ2n) is 3.58. The molecule has 0 aliphatic heterocycles. The van der Waals surface area contributed by atoms with Gasteiger partial charge in [-0.1, -0.05) is 49.7 Å². The van der Waals surface area contributed by atoms with E-state index in [0.29, 0.717) is 0 Å². The summed E-state index contributed by atoms with van der Waals surface area (Å²) in [5.74, 6) is 0.726. The number of hydrogen-bond donors (Lipinski definition) is 0. The molecule has 0 aromatic heterocycles. The lowest BCUT2D eigenvalue weighted by molar-refractivity contribution is 0.665. The van der Waals surface area contributed by atoms with Crippen LogP contribution in [0.4, 0.5) is 0 Å². The molecule has 13 heavy (non-hydrogen) atoms. The van der Waals surface area contributed by atoms with Gasteiger partial charge in [0.2, 0.25) is 0 Å². The van der Waals surface area contributed by atoms with E-state index in [9.17, 15) is 0 Å². The monoisotopic (exact) mass is 194 g/mol. The quantitative estimate of drug-likeness (QED) is 0.669. The maximum Gasteiger partial charge on any atom is 0.0406 e. The van der Waals surface area contributed by atoms with Gasteiger partial charge < -0.3 is 0 Å². The van der Waals surface area contributed by atoms with E-state index in [2.05, 4.69) is 26.0 Å². The Morgan fingerprint density at radius 2 is 1.85 bits per heavy atom. The van der Waals surface area contributed by atoms with Crippen molar-refractivity contribution in [2.75, 3.05) is 0 Å². The molecule has 0 radical (unpaired) electrons. The van der Waals surface area contributed by atoms with Crippen LogP contribution in [0.2, 0.25) is 5.02 Å². The second-order valence-corrected chi connectivity index (χ2v) is 4.02. The molecule has 0 amide bonds. The van der Waals surface area contributed by atoms with Gasteiger partial charge in [-0.25, -0.2) is 0 Å². The zero-order valence-electron chi connectivity index (χ0n) is 8.13. The summed E-state index contributed by atoms with van der Waals surface area (Å²) in [7, 11) is 0. The van der Waals surface area contributed by atoms with Crippen LogP contribution in [0.15, 0.2) is 30.3 Å². The van der Waals surface area contributed by atoms with Crippen molar-refractivity contribution >= 4 is 17.7 Å². The van der Waals surface area contributed by atoms with Gasteiger partial charge in [0.15, 0.2) is 0 Å². The summed E-state index contributed by atoms with van der Waals surface area (Å²) in [6.07, 6.45) is 5.47. The molecule has 1 heteroatoms. The molecule has 0 nitrogen and oxygen atoms in total. The molecule has 0 saturated carbocycles. The molecule has 0 aliphatic rings. The summed E-state index contributed by atoms with van der Waals surface area (Å²) in [5.41, 5.74) is 1.21. The minimum Gasteiger partial charge on any atom is -0.0843 e. The molecule has 0 heterocycles. The Morgan fingerprint density at radius 1 is 1.23 bits per heavy atom. The van der Waals surface area contributed by atoms with Gasteiger partial charge in [0, 0.05) is 5.02 Å². The lowest BCUT2D eigenvalue weighted by Crippen LogP contribution is -1.81. The molecule has 0 saturated heterocycles. The molecule has 1 aromatic carbocycles. The lowest BCUT2D eigenvalue weighted by Gasteiger charge is -1.97.